The largest absolute Gasteiger partial charge is 0.451 e. The maximum absolute atomic E-state index is 13.2. The van der Waals surface area contributed by atoms with E-state index in [1.807, 2.05) is 36.4 Å². The molecule has 10 heteroatoms. The number of anilines is 1. The lowest BCUT2D eigenvalue weighted by Gasteiger charge is -2.08. The molecule has 0 aliphatic heterocycles. The number of rotatable bonds is 6. The van der Waals surface area contributed by atoms with Crippen LogP contribution in [0.5, 0.6) is 0 Å². The van der Waals surface area contributed by atoms with Crippen LogP contribution in [0.2, 0.25) is 0 Å². The number of furan rings is 1. The Morgan fingerprint density at radius 2 is 1.94 bits per heavy atom. The molecule has 0 fully saturated rings. The number of hydrogen-bond donors (Lipinski definition) is 1. The third kappa shape index (κ3) is 3.95. The van der Waals surface area contributed by atoms with Gasteiger partial charge in [-0.05, 0) is 47.7 Å². The Morgan fingerprint density at radius 3 is 2.75 bits per heavy atom. The van der Waals surface area contributed by atoms with Crippen molar-refractivity contribution >= 4 is 34.3 Å². The van der Waals surface area contributed by atoms with Crippen molar-refractivity contribution in [3.63, 3.8) is 0 Å². The number of nitrogens with zero attached hydrogens (tertiary/aromatic N) is 6. The van der Waals surface area contributed by atoms with Crippen LogP contribution in [-0.2, 0) is 5.75 Å². The first-order valence-corrected chi connectivity index (χ1v) is 10.7. The Morgan fingerprint density at radius 1 is 1.09 bits per heavy atom. The molecule has 5 rings (SSSR count). The molecular formula is C22H17N7O2S. The number of fused-ring (bicyclic) bond motifs is 1. The van der Waals surface area contributed by atoms with Gasteiger partial charge in [-0.25, -0.2) is 9.97 Å². The van der Waals surface area contributed by atoms with Gasteiger partial charge in [-0.15, -0.1) is 5.10 Å². The highest BCUT2D eigenvalue weighted by molar-refractivity contribution is 7.98. The third-order valence-corrected chi connectivity index (χ3v) is 5.67. The second-order valence-electron chi connectivity index (χ2n) is 6.87. The highest BCUT2D eigenvalue weighted by Gasteiger charge is 2.21. The smallest absolute Gasteiger partial charge is 0.291 e. The van der Waals surface area contributed by atoms with Crippen LogP contribution in [0.3, 0.4) is 0 Å². The van der Waals surface area contributed by atoms with Crippen LogP contribution in [0, 0.1) is 6.92 Å². The van der Waals surface area contributed by atoms with E-state index in [1.54, 1.807) is 42.2 Å². The van der Waals surface area contributed by atoms with Crippen molar-refractivity contribution in [3.05, 3.63) is 84.1 Å². The summed E-state index contributed by atoms with van der Waals surface area (Å²) in [4.78, 5) is 21.7. The predicted molar refractivity (Wildman–Crippen MR) is 120 cm³/mol. The average molecular weight is 443 g/mol. The normalized spacial score (nSPS) is 11.0. The average Bonchev–Trinajstić information content (AvgIpc) is 3.42. The molecule has 32 heavy (non-hydrogen) atoms. The maximum Gasteiger partial charge on any atom is 0.291 e. The standard InChI is InChI=1S/C22H17N7O2S/c1-14-26-27-28-29(14)16-7-4-6-15(12-16)25-21(30)20-18(13-32-22-23-10-5-11-24-22)17-8-2-3-9-19(17)31-20/h2-12H,13H2,1H3,(H,25,30). The number of hydrogen-bond acceptors (Lipinski definition) is 8. The Kier molecular flexibility index (Phi) is 5.34. The van der Waals surface area contributed by atoms with E-state index in [1.165, 1.54) is 11.8 Å². The molecule has 0 aliphatic carbocycles. The molecule has 0 unspecified atom stereocenters. The van der Waals surface area contributed by atoms with E-state index in [9.17, 15) is 4.79 Å². The number of carbonyl (C=O) groups is 1. The van der Waals surface area contributed by atoms with E-state index in [-0.39, 0.29) is 11.7 Å². The molecule has 0 spiro atoms. The summed E-state index contributed by atoms with van der Waals surface area (Å²) in [7, 11) is 0. The summed E-state index contributed by atoms with van der Waals surface area (Å²) in [5.41, 5.74) is 2.79. The highest BCUT2D eigenvalue weighted by Crippen LogP contribution is 2.31. The zero-order valence-electron chi connectivity index (χ0n) is 17.0. The van der Waals surface area contributed by atoms with E-state index in [0.29, 0.717) is 28.0 Å². The number of carbonyl (C=O) groups excluding carboxylic acids is 1. The molecule has 5 aromatic rings. The number of para-hydroxylation sites is 1. The quantitative estimate of drug-likeness (QED) is 0.309. The zero-order chi connectivity index (χ0) is 21.9. The Labute approximate surface area is 186 Å². The van der Waals surface area contributed by atoms with Crippen molar-refractivity contribution in [2.24, 2.45) is 0 Å². The van der Waals surface area contributed by atoms with Crippen molar-refractivity contribution in [2.75, 3.05) is 5.32 Å². The van der Waals surface area contributed by atoms with Crippen molar-refractivity contribution in [3.8, 4) is 5.69 Å². The Bertz CT molecular complexity index is 1400. The number of thioether (sulfide) groups is 1. The van der Waals surface area contributed by atoms with E-state index in [2.05, 4.69) is 30.8 Å². The number of nitrogens with one attached hydrogen (secondary N) is 1. The Balaban J connectivity index is 1.44. The van der Waals surface area contributed by atoms with Crippen LogP contribution in [0.15, 0.2) is 76.6 Å². The molecule has 0 saturated heterocycles. The predicted octanol–water partition coefficient (Wildman–Crippen LogP) is 4.05. The van der Waals surface area contributed by atoms with Gasteiger partial charge in [0.1, 0.15) is 5.58 Å². The number of benzene rings is 2. The van der Waals surface area contributed by atoms with Crippen LogP contribution < -0.4 is 5.32 Å². The minimum atomic E-state index is -0.337. The number of aromatic nitrogens is 6. The summed E-state index contributed by atoms with van der Waals surface area (Å²) >= 11 is 1.45. The summed E-state index contributed by atoms with van der Waals surface area (Å²) in [6.07, 6.45) is 3.38. The van der Waals surface area contributed by atoms with Gasteiger partial charge in [0.15, 0.2) is 16.7 Å². The fourth-order valence-electron chi connectivity index (χ4n) is 3.30. The summed E-state index contributed by atoms with van der Waals surface area (Å²) in [5, 5.41) is 16.0. The minimum absolute atomic E-state index is 0.263. The molecule has 3 aromatic heterocycles. The maximum atomic E-state index is 13.2. The third-order valence-electron chi connectivity index (χ3n) is 4.77. The summed E-state index contributed by atoms with van der Waals surface area (Å²) in [6.45, 7) is 1.81. The molecule has 0 bridgehead atoms. The van der Waals surface area contributed by atoms with Crippen molar-refractivity contribution in [2.45, 2.75) is 17.8 Å². The SMILES string of the molecule is Cc1nnnn1-c1cccc(NC(=O)c2oc3ccccc3c2CSc2ncccn2)c1. The monoisotopic (exact) mass is 443 g/mol. The highest BCUT2D eigenvalue weighted by atomic mass is 32.2. The summed E-state index contributed by atoms with van der Waals surface area (Å²) < 4.78 is 7.54. The van der Waals surface area contributed by atoms with Gasteiger partial charge in [-0.3, -0.25) is 4.79 Å². The van der Waals surface area contributed by atoms with Crippen molar-refractivity contribution < 1.29 is 9.21 Å². The number of aryl methyl sites for hydroxylation is 1. The first kappa shape index (κ1) is 19.9. The lowest BCUT2D eigenvalue weighted by atomic mass is 10.1. The molecule has 1 amide bonds. The van der Waals surface area contributed by atoms with Gasteiger partial charge in [0.25, 0.3) is 5.91 Å². The Hall–Kier alpha value is -4.05. The molecule has 0 aliphatic rings. The molecule has 0 saturated carbocycles. The molecule has 1 N–H and O–H groups in total. The van der Waals surface area contributed by atoms with Crippen LogP contribution >= 0.6 is 11.8 Å². The molecule has 2 aromatic carbocycles. The second kappa shape index (κ2) is 8.60. The van der Waals surface area contributed by atoms with Crippen LogP contribution in [-0.4, -0.2) is 36.1 Å². The van der Waals surface area contributed by atoms with E-state index >= 15 is 0 Å². The zero-order valence-corrected chi connectivity index (χ0v) is 17.8. The van der Waals surface area contributed by atoms with Crippen molar-refractivity contribution in [1.82, 2.24) is 30.2 Å². The number of amides is 1. The van der Waals surface area contributed by atoms with Gasteiger partial charge in [-0.1, -0.05) is 36.0 Å². The molecule has 0 atom stereocenters. The fourth-order valence-corrected chi connectivity index (χ4v) is 4.13. The van der Waals surface area contributed by atoms with Crippen LogP contribution in [0.1, 0.15) is 21.9 Å². The molecule has 158 valence electrons. The second-order valence-corrected chi connectivity index (χ2v) is 7.81. The fraction of sp³-hybridized carbons (Fsp3) is 0.0909. The van der Waals surface area contributed by atoms with Gasteiger partial charge in [0.05, 0.1) is 5.69 Å². The van der Waals surface area contributed by atoms with E-state index < -0.39 is 0 Å². The van der Waals surface area contributed by atoms with E-state index in [4.69, 9.17) is 4.42 Å². The van der Waals surface area contributed by atoms with Crippen LogP contribution in [0.4, 0.5) is 5.69 Å². The van der Waals surface area contributed by atoms with Gasteiger partial charge in [0, 0.05) is 34.8 Å². The number of tetrazole rings is 1. The summed E-state index contributed by atoms with van der Waals surface area (Å²) in [5.74, 6) is 1.07. The molecular weight excluding hydrogens is 426 g/mol. The first-order chi connectivity index (χ1) is 15.7. The molecule has 0 radical (unpaired) electrons. The van der Waals surface area contributed by atoms with Gasteiger partial charge in [-0.2, -0.15) is 4.68 Å². The first-order valence-electron chi connectivity index (χ1n) is 9.76. The van der Waals surface area contributed by atoms with Gasteiger partial charge >= 0.3 is 0 Å². The topological polar surface area (TPSA) is 112 Å². The van der Waals surface area contributed by atoms with Crippen molar-refractivity contribution in [1.29, 1.82) is 0 Å². The minimum Gasteiger partial charge on any atom is -0.451 e. The van der Waals surface area contributed by atoms with Gasteiger partial charge < -0.3 is 9.73 Å². The van der Waals surface area contributed by atoms with Gasteiger partial charge in [0.2, 0.25) is 0 Å². The molecule has 3 heterocycles. The molecule has 9 nitrogen and oxygen atoms in total. The lowest BCUT2D eigenvalue weighted by Crippen LogP contribution is -2.13. The lowest BCUT2D eigenvalue weighted by molar-refractivity contribution is 0.0998. The van der Waals surface area contributed by atoms with E-state index in [0.717, 1.165) is 16.6 Å². The summed E-state index contributed by atoms with van der Waals surface area (Å²) in [6, 6.07) is 16.6. The van der Waals surface area contributed by atoms with Crippen LogP contribution in [0.25, 0.3) is 16.7 Å².